The Balaban J connectivity index is 0.00000280. The number of nitrogens with one attached hydrogen (secondary N) is 2. The molecule has 6 nitrogen and oxygen atoms in total. The van der Waals surface area contributed by atoms with Crippen LogP contribution in [-0.2, 0) is 19.4 Å². The van der Waals surface area contributed by atoms with E-state index in [0.29, 0.717) is 36.3 Å². The Morgan fingerprint density at radius 3 is 2.82 bits per heavy atom. The summed E-state index contributed by atoms with van der Waals surface area (Å²) in [5.74, 6) is 2.08. The highest BCUT2D eigenvalue weighted by molar-refractivity contribution is 14.0. The smallest absolute Gasteiger partial charge is 0.191 e. The first-order valence-electron chi connectivity index (χ1n) is 9.23. The first-order valence-corrected chi connectivity index (χ1v) is 10.4. The summed E-state index contributed by atoms with van der Waals surface area (Å²) in [7, 11) is 0. The van der Waals surface area contributed by atoms with Crippen LogP contribution < -0.4 is 20.1 Å². The average Bonchev–Trinajstić information content (AvgIpc) is 3.14. The fourth-order valence-corrected chi connectivity index (χ4v) is 3.83. The van der Waals surface area contributed by atoms with E-state index >= 15 is 0 Å². The van der Waals surface area contributed by atoms with Gasteiger partial charge in [-0.1, -0.05) is 18.5 Å². The Labute approximate surface area is 192 Å². The van der Waals surface area contributed by atoms with Crippen molar-refractivity contribution in [1.82, 2.24) is 15.6 Å². The summed E-state index contributed by atoms with van der Waals surface area (Å²) in [6.07, 6.45) is 3.88. The second kappa shape index (κ2) is 11.7. The van der Waals surface area contributed by atoms with Gasteiger partial charge in [0.15, 0.2) is 17.5 Å². The Kier molecular flexibility index (Phi) is 9.60. The molecule has 154 valence electrons. The summed E-state index contributed by atoms with van der Waals surface area (Å²) in [5, 5.41) is 8.33. The highest BCUT2D eigenvalue weighted by Crippen LogP contribution is 2.38. The molecule has 0 radical (unpaired) electrons. The lowest BCUT2D eigenvalue weighted by atomic mass is 10.2. The number of aliphatic imine (C=N–C) groups is 1. The Morgan fingerprint density at radius 2 is 2.07 bits per heavy atom. The molecule has 2 heterocycles. The van der Waals surface area contributed by atoms with Crippen molar-refractivity contribution >= 4 is 52.9 Å². The highest BCUT2D eigenvalue weighted by Gasteiger charge is 2.16. The van der Waals surface area contributed by atoms with Gasteiger partial charge >= 0.3 is 0 Å². The second-order valence-corrected chi connectivity index (χ2v) is 7.65. The van der Waals surface area contributed by atoms with Crippen LogP contribution in [0.4, 0.5) is 0 Å². The summed E-state index contributed by atoms with van der Waals surface area (Å²) < 4.78 is 11.2. The Bertz CT molecular complexity index is 800. The SMILES string of the molecule is CCNC(=NCc1cc(Cl)c2c(c1)OCCO2)NCCc1ncc(CC)s1.I. The van der Waals surface area contributed by atoms with E-state index in [1.54, 1.807) is 11.3 Å². The molecule has 0 amide bonds. The van der Waals surface area contributed by atoms with Crippen LogP contribution in [-0.4, -0.2) is 37.2 Å². The molecule has 2 N–H and O–H groups in total. The van der Waals surface area contributed by atoms with E-state index in [2.05, 4.69) is 27.5 Å². The van der Waals surface area contributed by atoms with E-state index in [4.69, 9.17) is 21.1 Å². The summed E-state index contributed by atoms with van der Waals surface area (Å²) in [4.78, 5) is 10.4. The molecule has 1 aliphatic rings. The number of halogens is 2. The number of hydrogen-bond donors (Lipinski definition) is 2. The molecule has 0 saturated carbocycles. The van der Waals surface area contributed by atoms with Gasteiger partial charge in [-0.15, -0.1) is 35.3 Å². The van der Waals surface area contributed by atoms with Crippen molar-refractivity contribution < 1.29 is 9.47 Å². The molecule has 0 unspecified atom stereocenters. The largest absolute Gasteiger partial charge is 0.486 e. The van der Waals surface area contributed by atoms with Gasteiger partial charge in [-0.2, -0.15) is 0 Å². The van der Waals surface area contributed by atoms with E-state index in [1.165, 1.54) is 4.88 Å². The van der Waals surface area contributed by atoms with Crippen LogP contribution in [0, 0.1) is 0 Å². The predicted molar refractivity (Wildman–Crippen MR) is 126 cm³/mol. The zero-order valence-corrected chi connectivity index (χ0v) is 20.0. The van der Waals surface area contributed by atoms with E-state index in [0.717, 1.165) is 42.5 Å². The van der Waals surface area contributed by atoms with E-state index in [9.17, 15) is 0 Å². The minimum Gasteiger partial charge on any atom is -0.486 e. The number of hydrogen-bond acceptors (Lipinski definition) is 5. The van der Waals surface area contributed by atoms with Crippen LogP contribution in [0.5, 0.6) is 11.5 Å². The molecule has 2 aromatic rings. The van der Waals surface area contributed by atoms with Gasteiger partial charge in [-0.05, 0) is 31.0 Å². The maximum atomic E-state index is 6.30. The zero-order valence-electron chi connectivity index (χ0n) is 16.1. The lowest BCUT2D eigenvalue weighted by molar-refractivity contribution is 0.171. The third-order valence-electron chi connectivity index (χ3n) is 4.00. The van der Waals surface area contributed by atoms with Crippen LogP contribution >= 0.6 is 46.9 Å². The topological polar surface area (TPSA) is 67.8 Å². The minimum atomic E-state index is 0. The normalized spacial score (nSPS) is 13.0. The number of rotatable bonds is 7. The first kappa shape index (κ1) is 23.0. The quantitative estimate of drug-likeness (QED) is 0.318. The third-order valence-corrected chi connectivity index (χ3v) is 5.48. The lowest BCUT2D eigenvalue weighted by Gasteiger charge is -2.20. The standard InChI is InChI=1S/C19H25ClN4O2S.HI/c1-3-14-12-23-17(27-14)5-6-22-19(21-4-2)24-11-13-9-15(20)18-16(10-13)25-7-8-26-18;/h9-10,12H,3-8,11H2,1-2H3,(H2,21,22,24);1H. The Morgan fingerprint density at radius 1 is 1.25 bits per heavy atom. The van der Waals surface area contributed by atoms with Crippen LogP contribution in [0.15, 0.2) is 23.3 Å². The number of nitrogens with zero attached hydrogens (tertiary/aromatic N) is 2. The van der Waals surface area contributed by atoms with Crippen LogP contribution in [0.25, 0.3) is 0 Å². The fraction of sp³-hybridized carbons (Fsp3) is 0.474. The number of aromatic nitrogens is 1. The monoisotopic (exact) mass is 536 g/mol. The maximum absolute atomic E-state index is 6.30. The summed E-state index contributed by atoms with van der Waals surface area (Å²) >= 11 is 8.07. The molecule has 0 fully saturated rings. The molecule has 1 aromatic heterocycles. The third kappa shape index (κ3) is 6.38. The van der Waals surface area contributed by atoms with Gasteiger partial charge in [-0.3, -0.25) is 0 Å². The summed E-state index contributed by atoms with van der Waals surface area (Å²) in [6, 6.07) is 3.82. The van der Waals surface area contributed by atoms with Crippen molar-refractivity contribution in [2.75, 3.05) is 26.3 Å². The van der Waals surface area contributed by atoms with Crippen molar-refractivity contribution in [1.29, 1.82) is 0 Å². The number of benzene rings is 1. The van der Waals surface area contributed by atoms with Crippen LogP contribution in [0.1, 0.15) is 29.3 Å². The fourth-order valence-electron chi connectivity index (χ4n) is 2.68. The highest BCUT2D eigenvalue weighted by atomic mass is 127. The van der Waals surface area contributed by atoms with Gasteiger partial charge < -0.3 is 20.1 Å². The Hall–Kier alpha value is -1.26. The van der Waals surface area contributed by atoms with E-state index < -0.39 is 0 Å². The molecule has 0 aliphatic carbocycles. The maximum Gasteiger partial charge on any atom is 0.191 e. The first-order chi connectivity index (χ1) is 13.2. The van der Waals surface area contributed by atoms with E-state index in [1.807, 2.05) is 25.3 Å². The molecular weight excluding hydrogens is 511 g/mol. The van der Waals surface area contributed by atoms with Gasteiger partial charge in [0.1, 0.15) is 13.2 Å². The minimum absolute atomic E-state index is 0. The van der Waals surface area contributed by atoms with E-state index in [-0.39, 0.29) is 24.0 Å². The van der Waals surface area contributed by atoms with Gasteiger partial charge in [-0.25, -0.2) is 9.98 Å². The number of ether oxygens (including phenoxy) is 2. The van der Waals surface area contributed by atoms with Crippen molar-refractivity contribution in [3.05, 3.63) is 38.8 Å². The molecule has 9 heteroatoms. The van der Waals surface area contributed by atoms with Crippen molar-refractivity contribution in [2.45, 2.75) is 33.2 Å². The van der Waals surface area contributed by atoms with Gasteiger partial charge in [0, 0.05) is 30.6 Å². The van der Waals surface area contributed by atoms with Crippen molar-refractivity contribution in [3.63, 3.8) is 0 Å². The molecule has 0 spiro atoms. The molecule has 1 aromatic carbocycles. The molecule has 3 rings (SSSR count). The average molecular weight is 537 g/mol. The summed E-state index contributed by atoms with van der Waals surface area (Å²) in [5.41, 5.74) is 0.981. The summed E-state index contributed by atoms with van der Waals surface area (Å²) in [6.45, 7) is 7.34. The second-order valence-electron chi connectivity index (χ2n) is 6.05. The zero-order chi connectivity index (χ0) is 19.1. The van der Waals surface area contributed by atoms with Crippen molar-refractivity contribution in [3.8, 4) is 11.5 Å². The number of thiazole rings is 1. The molecule has 28 heavy (non-hydrogen) atoms. The van der Waals surface area contributed by atoms with Crippen LogP contribution in [0.2, 0.25) is 5.02 Å². The van der Waals surface area contributed by atoms with Crippen molar-refractivity contribution in [2.24, 2.45) is 4.99 Å². The molecule has 0 saturated heterocycles. The number of aryl methyl sites for hydroxylation is 1. The lowest BCUT2D eigenvalue weighted by Crippen LogP contribution is -2.38. The van der Waals surface area contributed by atoms with Crippen LogP contribution in [0.3, 0.4) is 0 Å². The molecule has 0 atom stereocenters. The van der Waals surface area contributed by atoms with Gasteiger partial charge in [0.05, 0.1) is 16.6 Å². The molecular formula is C19H26ClIN4O2S. The van der Waals surface area contributed by atoms with Gasteiger partial charge in [0.2, 0.25) is 0 Å². The molecule has 0 bridgehead atoms. The predicted octanol–water partition coefficient (Wildman–Crippen LogP) is 4.05. The van der Waals surface area contributed by atoms with Gasteiger partial charge in [0.25, 0.3) is 0 Å². The number of guanidine groups is 1. The molecule has 1 aliphatic heterocycles. The number of fused-ring (bicyclic) bond motifs is 1.